The second-order valence-electron chi connectivity index (χ2n) is 4.26. The number of non-ortho nitro benzene ring substituents is 1. The molecule has 2 aromatic rings. The Morgan fingerprint density at radius 1 is 1.38 bits per heavy atom. The number of thiophene rings is 1. The molecule has 0 aliphatic heterocycles. The molecule has 1 N–H and O–H groups in total. The molecule has 6 nitrogen and oxygen atoms in total. The maximum absolute atomic E-state index is 12.3. The van der Waals surface area contributed by atoms with Crippen molar-refractivity contribution in [3.63, 3.8) is 0 Å². The highest BCUT2D eigenvalue weighted by atomic mass is 79.9. The fourth-order valence-electron chi connectivity index (χ4n) is 1.68. The van der Waals surface area contributed by atoms with Crippen LogP contribution in [0.3, 0.4) is 0 Å². The fourth-order valence-corrected chi connectivity index (χ4v) is 4.43. The Morgan fingerprint density at radius 2 is 2.10 bits per heavy atom. The van der Waals surface area contributed by atoms with Crippen LogP contribution in [0.4, 0.5) is 5.69 Å². The number of nitro groups is 1. The number of nitrogens with zero attached hydrogens (tertiary/aromatic N) is 1. The summed E-state index contributed by atoms with van der Waals surface area (Å²) in [5.74, 6) is 0. The van der Waals surface area contributed by atoms with Crippen LogP contribution in [0.15, 0.2) is 39.0 Å². The summed E-state index contributed by atoms with van der Waals surface area (Å²) in [4.78, 5) is 10.9. The number of benzene rings is 1. The van der Waals surface area contributed by atoms with Gasteiger partial charge in [0, 0.05) is 33.4 Å². The van der Waals surface area contributed by atoms with Gasteiger partial charge >= 0.3 is 0 Å². The molecule has 2 rings (SSSR count). The molecule has 21 heavy (non-hydrogen) atoms. The second-order valence-corrected chi connectivity index (χ2v) is 7.91. The smallest absolute Gasteiger partial charge is 0.258 e. The van der Waals surface area contributed by atoms with E-state index in [1.807, 2.05) is 11.4 Å². The summed E-state index contributed by atoms with van der Waals surface area (Å²) in [5.41, 5.74) is 0.209. The molecule has 112 valence electrons. The van der Waals surface area contributed by atoms with Gasteiger partial charge in [-0.3, -0.25) is 10.1 Å². The van der Waals surface area contributed by atoms with Crippen molar-refractivity contribution >= 4 is 43.0 Å². The van der Waals surface area contributed by atoms with E-state index in [-0.39, 0.29) is 17.1 Å². The highest BCUT2D eigenvalue weighted by Gasteiger charge is 2.20. The van der Waals surface area contributed by atoms with Gasteiger partial charge in [0.25, 0.3) is 5.69 Å². The zero-order valence-electron chi connectivity index (χ0n) is 10.9. The van der Waals surface area contributed by atoms with Crippen molar-refractivity contribution in [2.45, 2.75) is 18.4 Å². The number of halogens is 1. The van der Waals surface area contributed by atoms with E-state index in [4.69, 9.17) is 0 Å². The van der Waals surface area contributed by atoms with Gasteiger partial charge in [-0.05, 0) is 34.5 Å². The van der Waals surface area contributed by atoms with Crippen LogP contribution < -0.4 is 4.72 Å². The van der Waals surface area contributed by atoms with Gasteiger partial charge in [-0.2, -0.15) is 0 Å². The molecular formula is C12H11BrN2O4S2. The molecule has 0 aliphatic carbocycles. The summed E-state index contributed by atoms with van der Waals surface area (Å²) < 4.78 is 27.9. The van der Waals surface area contributed by atoms with Crippen LogP contribution in [-0.2, 0) is 16.6 Å². The molecule has 0 atom stereocenters. The molecule has 1 aromatic carbocycles. The van der Waals surface area contributed by atoms with Gasteiger partial charge in [-0.15, -0.1) is 11.3 Å². The summed E-state index contributed by atoms with van der Waals surface area (Å²) >= 11 is 4.71. The predicted molar refractivity (Wildman–Crippen MR) is 83.9 cm³/mol. The Hall–Kier alpha value is -1.29. The number of rotatable bonds is 5. The number of hydrogen-bond donors (Lipinski definition) is 1. The maximum atomic E-state index is 12.3. The van der Waals surface area contributed by atoms with E-state index in [0.29, 0.717) is 5.56 Å². The lowest BCUT2D eigenvalue weighted by molar-refractivity contribution is -0.385. The summed E-state index contributed by atoms with van der Waals surface area (Å²) in [7, 11) is -3.80. The Labute approximate surface area is 134 Å². The van der Waals surface area contributed by atoms with Gasteiger partial charge in [0.05, 0.1) is 9.82 Å². The number of nitrogens with one attached hydrogen (secondary N) is 1. The van der Waals surface area contributed by atoms with Gasteiger partial charge in [-0.1, -0.05) is 6.07 Å². The topological polar surface area (TPSA) is 89.3 Å². The summed E-state index contributed by atoms with van der Waals surface area (Å²) in [6.07, 6.45) is 0. The maximum Gasteiger partial charge on any atom is 0.270 e. The van der Waals surface area contributed by atoms with Gasteiger partial charge in [0.2, 0.25) is 10.0 Å². The van der Waals surface area contributed by atoms with Crippen LogP contribution in [0.1, 0.15) is 10.4 Å². The van der Waals surface area contributed by atoms with E-state index in [9.17, 15) is 18.5 Å². The van der Waals surface area contributed by atoms with Crippen molar-refractivity contribution in [2.75, 3.05) is 0 Å². The number of sulfonamides is 1. The van der Waals surface area contributed by atoms with Gasteiger partial charge in [0.1, 0.15) is 0 Å². The second kappa shape index (κ2) is 6.22. The first-order valence-corrected chi connectivity index (χ1v) is 8.93. The minimum absolute atomic E-state index is 0.0766. The number of hydrogen-bond acceptors (Lipinski definition) is 5. The minimum atomic E-state index is -3.80. The SMILES string of the molecule is Cc1ccc([N+](=O)[O-])cc1S(=O)(=O)NCc1cc(Br)cs1. The molecule has 1 aromatic heterocycles. The summed E-state index contributed by atoms with van der Waals surface area (Å²) in [6.45, 7) is 1.74. The van der Waals surface area contributed by atoms with E-state index in [0.717, 1.165) is 15.4 Å². The van der Waals surface area contributed by atoms with Crippen molar-refractivity contribution in [1.82, 2.24) is 4.72 Å². The normalized spacial score (nSPS) is 11.5. The molecule has 0 fully saturated rings. The zero-order chi connectivity index (χ0) is 15.6. The lowest BCUT2D eigenvalue weighted by Gasteiger charge is -2.08. The average molecular weight is 391 g/mol. The van der Waals surface area contributed by atoms with Crippen molar-refractivity contribution < 1.29 is 13.3 Å². The van der Waals surface area contributed by atoms with E-state index in [1.54, 1.807) is 6.92 Å². The van der Waals surface area contributed by atoms with E-state index < -0.39 is 14.9 Å². The Kier molecular flexibility index (Phi) is 4.77. The van der Waals surface area contributed by atoms with Crippen LogP contribution in [0.25, 0.3) is 0 Å². The van der Waals surface area contributed by atoms with Crippen LogP contribution >= 0.6 is 27.3 Å². The third kappa shape index (κ3) is 3.88. The Balaban J connectivity index is 2.26. The van der Waals surface area contributed by atoms with Gasteiger partial charge in [0.15, 0.2) is 0 Å². The third-order valence-electron chi connectivity index (χ3n) is 2.73. The van der Waals surface area contributed by atoms with Crippen molar-refractivity contribution in [3.8, 4) is 0 Å². The zero-order valence-corrected chi connectivity index (χ0v) is 14.1. The van der Waals surface area contributed by atoms with Gasteiger partial charge < -0.3 is 0 Å². The van der Waals surface area contributed by atoms with Crippen molar-refractivity contribution in [2.24, 2.45) is 0 Å². The first-order chi connectivity index (χ1) is 9.79. The summed E-state index contributed by atoms with van der Waals surface area (Å²) in [6, 6.07) is 5.59. The largest absolute Gasteiger partial charge is 0.270 e. The molecule has 0 amide bonds. The van der Waals surface area contributed by atoms with Crippen molar-refractivity contribution in [1.29, 1.82) is 0 Å². The van der Waals surface area contributed by atoms with E-state index in [2.05, 4.69) is 20.7 Å². The molecule has 0 bridgehead atoms. The first-order valence-electron chi connectivity index (χ1n) is 5.77. The Morgan fingerprint density at radius 3 is 2.67 bits per heavy atom. The average Bonchev–Trinajstić information content (AvgIpc) is 2.82. The predicted octanol–water partition coefficient (Wildman–Crippen LogP) is 3.21. The van der Waals surface area contributed by atoms with E-state index in [1.165, 1.54) is 23.5 Å². The molecule has 0 spiro atoms. The first kappa shape index (κ1) is 16.1. The molecule has 0 saturated heterocycles. The standard InChI is InChI=1S/C12H11BrN2O4S2/c1-8-2-3-10(15(16)17)5-12(8)21(18,19)14-6-11-4-9(13)7-20-11/h2-5,7,14H,6H2,1H3. The van der Waals surface area contributed by atoms with E-state index >= 15 is 0 Å². The quantitative estimate of drug-likeness (QED) is 0.626. The monoisotopic (exact) mass is 390 g/mol. The molecule has 0 saturated carbocycles. The van der Waals surface area contributed by atoms with Crippen molar-refractivity contribution in [3.05, 3.63) is 54.7 Å². The highest BCUT2D eigenvalue weighted by Crippen LogP contribution is 2.23. The van der Waals surface area contributed by atoms with Crippen LogP contribution in [-0.4, -0.2) is 13.3 Å². The van der Waals surface area contributed by atoms with Crippen LogP contribution in [0.5, 0.6) is 0 Å². The lowest BCUT2D eigenvalue weighted by atomic mass is 10.2. The molecular weight excluding hydrogens is 380 g/mol. The van der Waals surface area contributed by atoms with Gasteiger partial charge in [-0.25, -0.2) is 13.1 Å². The lowest BCUT2D eigenvalue weighted by Crippen LogP contribution is -2.23. The molecule has 0 unspecified atom stereocenters. The highest BCUT2D eigenvalue weighted by molar-refractivity contribution is 9.10. The van der Waals surface area contributed by atoms with Crippen LogP contribution in [0.2, 0.25) is 0 Å². The molecule has 9 heteroatoms. The number of aryl methyl sites for hydroxylation is 1. The molecule has 1 heterocycles. The molecule has 0 radical (unpaired) electrons. The number of nitro benzene ring substituents is 1. The fraction of sp³-hybridized carbons (Fsp3) is 0.167. The molecule has 0 aliphatic rings. The van der Waals surface area contributed by atoms with Crippen LogP contribution in [0, 0.1) is 17.0 Å². The summed E-state index contributed by atoms with van der Waals surface area (Å²) in [5, 5.41) is 12.6. The Bertz CT molecular complexity index is 786. The minimum Gasteiger partial charge on any atom is -0.258 e. The third-order valence-corrected chi connectivity index (χ3v) is 5.97.